The Balaban J connectivity index is 1.34. The molecule has 0 radical (unpaired) electrons. The van der Waals surface area contributed by atoms with Crippen molar-refractivity contribution in [3.63, 3.8) is 0 Å². The summed E-state index contributed by atoms with van der Waals surface area (Å²) in [4.78, 5) is 17.4. The molecule has 4 rings (SSSR count). The number of thioether (sulfide) groups is 1. The number of oxazole rings is 1. The predicted octanol–water partition coefficient (Wildman–Crippen LogP) is 4.98. The van der Waals surface area contributed by atoms with Crippen LogP contribution in [-0.4, -0.2) is 26.5 Å². The first kappa shape index (κ1) is 20.0. The molecule has 0 aliphatic rings. The Labute approximate surface area is 178 Å². The number of rotatable bonds is 7. The first-order valence-electron chi connectivity index (χ1n) is 9.52. The van der Waals surface area contributed by atoms with Gasteiger partial charge in [0.15, 0.2) is 12.4 Å². The molecule has 0 aliphatic carbocycles. The highest BCUT2D eigenvalue weighted by Gasteiger charge is 2.16. The van der Waals surface area contributed by atoms with E-state index in [0.717, 1.165) is 27.5 Å². The third kappa shape index (κ3) is 4.46. The zero-order valence-electron chi connectivity index (χ0n) is 16.7. The second-order valence-electron chi connectivity index (χ2n) is 6.68. The van der Waals surface area contributed by atoms with Crippen molar-refractivity contribution in [1.82, 2.24) is 14.8 Å². The van der Waals surface area contributed by atoms with Crippen LogP contribution in [0.4, 0.5) is 0 Å². The lowest BCUT2D eigenvalue weighted by Gasteiger charge is -2.05. The number of benzene rings is 2. The molecule has 2 heterocycles. The van der Waals surface area contributed by atoms with E-state index in [1.165, 1.54) is 11.8 Å². The third-order valence-corrected chi connectivity index (χ3v) is 5.79. The zero-order chi connectivity index (χ0) is 20.9. The van der Waals surface area contributed by atoms with Gasteiger partial charge in [0.25, 0.3) is 0 Å². The van der Waals surface area contributed by atoms with Gasteiger partial charge >= 0.3 is 5.97 Å². The van der Waals surface area contributed by atoms with Crippen LogP contribution < -0.4 is 0 Å². The van der Waals surface area contributed by atoms with Gasteiger partial charge in [0.05, 0.1) is 33.9 Å². The van der Waals surface area contributed by atoms with Gasteiger partial charge < -0.3 is 9.15 Å². The molecule has 2 aromatic carbocycles. The molecule has 152 valence electrons. The second-order valence-corrected chi connectivity index (χ2v) is 7.67. The SMILES string of the molecule is Cc1nn(-c2ccccc2)c(C)c1SCC(=O)OCc1ncc(-c2ccccc2)o1. The number of carbonyl (C=O) groups is 1. The van der Waals surface area contributed by atoms with Crippen LogP contribution in [0.2, 0.25) is 0 Å². The quantitative estimate of drug-likeness (QED) is 0.311. The van der Waals surface area contributed by atoms with E-state index in [4.69, 9.17) is 9.15 Å². The van der Waals surface area contributed by atoms with Crippen LogP contribution in [-0.2, 0) is 16.1 Å². The number of para-hydroxylation sites is 1. The molecule has 4 aromatic rings. The Bertz CT molecular complexity index is 1140. The van der Waals surface area contributed by atoms with Gasteiger partial charge in [0.2, 0.25) is 5.89 Å². The molecular formula is C23H21N3O3S. The monoisotopic (exact) mass is 419 g/mol. The van der Waals surface area contributed by atoms with Gasteiger partial charge in [-0.2, -0.15) is 5.10 Å². The minimum absolute atomic E-state index is 0.00741. The molecule has 30 heavy (non-hydrogen) atoms. The number of ether oxygens (including phenoxy) is 1. The van der Waals surface area contributed by atoms with Gasteiger partial charge in [0, 0.05) is 5.56 Å². The highest BCUT2D eigenvalue weighted by molar-refractivity contribution is 8.00. The first-order chi connectivity index (χ1) is 14.6. The van der Waals surface area contributed by atoms with Crippen LogP contribution in [0.15, 0.2) is 76.2 Å². The Kier molecular flexibility index (Phi) is 5.99. The van der Waals surface area contributed by atoms with Crippen LogP contribution in [0.1, 0.15) is 17.3 Å². The maximum Gasteiger partial charge on any atom is 0.316 e. The van der Waals surface area contributed by atoms with Crippen molar-refractivity contribution in [3.8, 4) is 17.0 Å². The van der Waals surface area contributed by atoms with Crippen molar-refractivity contribution in [2.24, 2.45) is 0 Å². The minimum atomic E-state index is -0.328. The maximum absolute atomic E-state index is 12.2. The third-order valence-electron chi connectivity index (χ3n) is 4.53. The lowest BCUT2D eigenvalue weighted by atomic mass is 10.2. The molecule has 0 bridgehead atoms. The van der Waals surface area contributed by atoms with Crippen molar-refractivity contribution in [2.75, 3.05) is 5.75 Å². The van der Waals surface area contributed by atoms with E-state index >= 15 is 0 Å². The molecule has 0 saturated heterocycles. The van der Waals surface area contributed by atoms with Crippen molar-refractivity contribution in [1.29, 1.82) is 0 Å². The van der Waals surface area contributed by atoms with Crippen LogP contribution in [0.5, 0.6) is 0 Å². The normalized spacial score (nSPS) is 10.9. The highest BCUT2D eigenvalue weighted by Crippen LogP contribution is 2.28. The maximum atomic E-state index is 12.2. The highest BCUT2D eigenvalue weighted by atomic mass is 32.2. The smallest absolute Gasteiger partial charge is 0.316 e. The molecule has 0 unspecified atom stereocenters. The molecule has 0 spiro atoms. The van der Waals surface area contributed by atoms with Gasteiger partial charge in [-0.1, -0.05) is 48.5 Å². The van der Waals surface area contributed by atoms with Crippen molar-refractivity contribution < 1.29 is 13.9 Å². The van der Waals surface area contributed by atoms with Gasteiger partial charge in [-0.15, -0.1) is 11.8 Å². The fourth-order valence-corrected chi connectivity index (χ4v) is 3.98. The molecule has 0 atom stereocenters. The van der Waals surface area contributed by atoms with Crippen LogP contribution >= 0.6 is 11.8 Å². The van der Waals surface area contributed by atoms with Gasteiger partial charge in [-0.05, 0) is 26.0 Å². The Hall–Kier alpha value is -3.32. The largest absolute Gasteiger partial charge is 0.455 e. The minimum Gasteiger partial charge on any atom is -0.455 e. The summed E-state index contributed by atoms with van der Waals surface area (Å²) in [6.45, 7) is 3.95. The Morgan fingerprint density at radius 2 is 1.77 bits per heavy atom. The molecule has 0 fully saturated rings. The summed E-state index contributed by atoms with van der Waals surface area (Å²) in [5, 5.41) is 4.60. The average molecular weight is 420 g/mol. The lowest BCUT2D eigenvalue weighted by molar-refractivity contribution is -0.142. The van der Waals surface area contributed by atoms with E-state index in [-0.39, 0.29) is 18.3 Å². The predicted molar refractivity (Wildman–Crippen MR) is 115 cm³/mol. The van der Waals surface area contributed by atoms with Crippen LogP contribution in [0.3, 0.4) is 0 Å². The molecule has 0 amide bonds. The van der Waals surface area contributed by atoms with E-state index in [1.807, 2.05) is 79.2 Å². The fourth-order valence-electron chi connectivity index (χ4n) is 3.09. The van der Waals surface area contributed by atoms with Crippen molar-refractivity contribution in [3.05, 3.63) is 84.1 Å². The standard InChI is InChI=1S/C23H21N3O3S/c1-16-23(17(2)26(25-16)19-11-7-4-8-12-19)30-15-22(27)28-14-21-24-13-20(29-21)18-9-5-3-6-10-18/h3-13H,14-15H2,1-2H3. The number of esters is 1. The molecule has 0 N–H and O–H groups in total. The number of aryl methyl sites for hydroxylation is 1. The molecule has 2 aromatic heterocycles. The van der Waals surface area contributed by atoms with Crippen LogP contribution in [0, 0.1) is 13.8 Å². The summed E-state index contributed by atoms with van der Waals surface area (Å²) in [6.07, 6.45) is 1.64. The topological polar surface area (TPSA) is 70.2 Å². The Morgan fingerprint density at radius 1 is 1.07 bits per heavy atom. The number of carbonyl (C=O) groups excluding carboxylic acids is 1. The summed E-state index contributed by atoms with van der Waals surface area (Å²) >= 11 is 1.43. The molecule has 0 aliphatic heterocycles. The number of hydrogen-bond donors (Lipinski definition) is 0. The van der Waals surface area contributed by atoms with Crippen LogP contribution in [0.25, 0.3) is 17.0 Å². The molecule has 7 heteroatoms. The van der Waals surface area contributed by atoms with E-state index < -0.39 is 0 Å². The lowest BCUT2D eigenvalue weighted by Crippen LogP contribution is -2.07. The van der Waals surface area contributed by atoms with E-state index in [9.17, 15) is 4.79 Å². The van der Waals surface area contributed by atoms with Crippen molar-refractivity contribution in [2.45, 2.75) is 25.3 Å². The van der Waals surface area contributed by atoms with E-state index in [1.54, 1.807) is 6.20 Å². The van der Waals surface area contributed by atoms with E-state index in [0.29, 0.717) is 11.7 Å². The summed E-state index contributed by atoms with van der Waals surface area (Å²) in [6, 6.07) is 19.6. The number of hydrogen-bond acceptors (Lipinski definition) is 6. The van der Waals surface area contributed by atoms with Gasteiger partial charge in [0.1, 0.15) is 0 Å². The Morgan fingerprint density at radius 3 is 2.50 bits per heavy atom. The summed E-state index contributed by atoms with van der Waals surface area (Å²) in [5.74, 6) is 0.881. The van der Waals surface area contributed by atoms with E-state index in [2.05, 4.69) is 10.1 Å². The summed E-state index contributed by atoms with van der Waals surface area (Å²) < 4.78 is 12.9. The summed E-state index contributed by atoms with van der Waals surface area (Å²) in [7, 11) is 0. The molecule has 0 saturated carbocycles. The number of aromatic nitrogens is 3. The van der Waals surface area contributed by atoms with Crippen molar-refractivity contribution >= 4 is 17.7 Å². The number of nitrogens with zero attached hydrogens (tertiary/aromatic N) is 3. The van der Waals surface area contributed by atoms with Gasteiger partial charge in [-0.25, -0.2) is 9.67 Å². The van der Waals surface area contributed by atoms with Gasteiger partial charge in [-0.3, -0.25) is 4.79 Å². The molecular weight excluding hydrogens is 398 g/mol. The first-order valence-corrected chi connectivity index (χ1v) is 10.5. The average Bonchev–Trinajstić information content (AvgIpc) is 3.37. The molecule has 6 nitrogen and oxygen atoms in total. The second kappa shape index (κ2) is 9.00. The summed E-state index contributed by atoms with van der Waals surface area (Å²) in [5.41, 5.74) is 3.80. The zero-order valence-corrected chi connectivity index (χ0v) is 17.6. The fraction of sp³-hybridized carbons (Fsp3) is 0.174.